The molecule has 1 aromatic rings. The Kier molecular flexibility index (Phi) is 6.17. The number of ether oxygens (including phenoxy) is 1. The van der Waals surface area contributed by atoms with Crippen LogP contribution in [0.2, 0.25) is 0 Å². The molecule has 4 heteroatoms. The topological polar surface area (TPSA) is 55.4 Å². The lowest BCUT2D eigenvalue weighted by atomic mass is 10.1. The van der Waals surface area contributed by atoms with Crippen molar-refractivity contribution in [2.75, 3.05) is 6.61 Å². The van der Waals surface area contributed by atoms with Gasteiger partial charge in [0, 0.05) is 0 Å². The van der Waals surface area contributed by atoms with Crippen molar-refractivity contribution in [3.8, 4) is 12.3 Å². The van der Waals surface area contributed by atoms with Crippen LogP contribution in [0.5, 0.6) is 0 Å². The molecule has 19 heavy (non-hydrogen) atoms. The highest BCUT2D eigenvalue weighted by atomic mass is 16.5. The second-order valence-corrected chi connectivity index (χ2v) is 3.96. The van der Waals surface area contributed by atoms with Crippen LogP contribution in [-0.4, -0.2) is 24.5 Å². The van der Waals surface area contributed by atoms with Crippen LogP contribution < -0.4 is 5.32 Å². The first-order chi connectivity index (χ1) is 9.15. The second-order valence-electron chi connectivity index (χ2n) is 3.96. The Morgan fingerprint density at radius 3 is 2.63 bits per heavy atom. The highest BCUT2D eigenvalue weighted by Gasteiger charge is 2.14. The summed E-state index contributed by atoms with van der Waals surface area (Å²) >= 11 is 0. The molecule has 0 heterocycles. The van der Waals surface area contributed by atoms with Crippen molar-refractivity contribution < 1.29 is 14.3 Å². The molecule has 0 aliphatic heterocycles. The fourth-order valence-corrected chi connectivity index (χ4v) is 1.56. The number of hydrogen-bond acceptors (Lipinski definition) is 3. The minimum atomic E-state index is -0.629. The molecule has 0 spiro atoms. The Morgan fingerprint density at radius 1 is 1.37 bits per heavy atom. The third-order valence-corrected chi connectivity index (χ3v) is 2.42. The van der Waals surface area contributed by atoms with Crippen molar-refractivity contribution in [3.63, 3.8) is 0 Å². The van der Waals surface area contributed by atoms with Gasteiger partial charge in [0.25, 0.3) is 0 Å². The average Bonchev–Trinajstić information content (AvgIpc) is 2.39. The zero-order chi connectivity index (χ0) is 14.1. The lowest BCUT2D eigenvalue weighted by molar-refractivity contribution is -0.143. The molecule has 0 unspecified atom stereocenters. The first kappa shape index (κ1) is 14.8. The third-order valence-electron chi connectivity index (χ3n) is 2.42. The molecule has 1 atom stereocenters. The van der Waals surface area contributed by atoms with Crippen LogP contribution in [0.15, 0.2) is 30.3 Å². The zero-order valence-electron chi connectivity index (χ0n) is 10.9. The van der Waals surface area contributed by atoms with E-state index in [9.17, 15) is 9.59 Å². The summed E-state index contributed by atoms with van der Waals surface area (Å²) in [6, 6.07) is 8.69. The minimum absolute atomic E-state index is 0.00906. The summed E-state index contributed by atoms with van der Waals surface area (Å²) in [7, 11) is 0. The van der Waals surface area contributed by atoms with Crippen LogP contribution in [-0.2, 0) is 20.7 Å². The van der Waals surface area contributed by atoms with Crippen molar-refractivity contribution in [2.45, 2.75) is 25.8 Å². The molecule has 100 valence electrons. The minimum Gasteiger partial charge on any atom is -0.466 e. The maximum Gasteiger partial charge on any atom is 0.308 e. The van der Waals surface area contributed by atoms with Gasteiger partial charge in [-0.25, -0.2) is 0 Å². The van der Waals surface area contributed by atoms with Crippen LogP contribution in [0.3, 0.4) is 0 Å². The maximum atomic E-state index is 11.8. The molecule has 0 radical (unpaired) electrons. The predicted octanol–water partition coefficient (Wildman–Crippen LogP) is 1.30. The molecule has 1 rings (SSSR count). The Morgan fingerprint density at radius 2 is 2.05 bits per heavy atom. The normalized spacial score (nSPS) is 11.2. The Labute approximate surface area is 113 Å². The standard InChI is InChI=1S/C15H17NO3/c1-3-13(11-15(18)19-4-2)16-14(17)10-12-8-6-5-7-9-12/h1,5-9,13H,4,10-11H2,2H3,(H,16,17)/t13-/m0/s1. The van der Waals surface area contributed by atoms with Crippen LogP contribution >= 0.6 is 0 Å². The summed E-state index contributed by atoms with van der Waals surface area (Å²) < 4.78 is 4.79. The number of hydrogen-bond donors (Lipinski definition) is 1. The van der Waals surface area contributed by atoms with Crippen molar-refractivity contribution >= 4 is 11.9 Å². The second kappa shape index (κ2) is 7.93. The fourth-order valence-electron chi connectivity index (χ4n) is 1.56. The molecule has 0 aliphatic carbocycles. The van der Waals surface area contributed by atoms with Gasteiger partial charge in [-0.2, -0.15) is 0 Å². The van der Waals surface area contributed by atoms with E-state index < -0.39 is 12.0 Å². The Bertz CT molecular complexity index is 462. The summed E-state index contributed by atoms with van der Waals surface area (Å²) in [5.41, 5.74) is 0.895. The van der Waals surface area contributed by atoms with Crippen LogP contribution in [0.4, 0.5) is 0 Å². The Hall–Kier alpha value is -2.28. The van der Waals surface area contributed by atoms with Gasteiger partial charge < -0.3 is 10.1 Å². The molecule has 0 saturated carbocycles. The quantitative estimate of drug-likeness (QED) is 0.619. The van der Waals surface area contributed by atoms with Crippen molar-refractivity contribution in [3.05, 3.63) is 35.9 Å². The van der Waals surface area contributed by atoms with Gasteiger partial charge in [0.05, 0.1) is 19.4 Å². The Balaban J connectivity index is 2.45. The maximum absolute atomic E-state index is 11.8. The summed E-state index contributed by atoms with van der Waals surface area (Å²) in [6.45, 7) is 2.02. The lowest BCUT2D eigenvalue weighted by Crippen LogP contribution is -2.36. The molecule has 4 nitrogen and oxygen atoms in total. The van der Waals surface area contributed by atoms with Gasteiger partial charge in [-0.1, -0.05) is 36.3 Å². The highest BCUT2D eigenvalue weighted by molar-refractivity contribution is 5.80. The molecule has 0 saturated heterocycles. The predicted molar refractivity (Wildman–Crippen MR) is 72.2 cm³/mol. The van der Waals surface area contributed by atoms with Gasteiger partial charge in [0.2, 0.25) is 5.91 Å². The number of carbonyl (C=O) groups excluding carboxylic acids is 2. The van der Waals surface area contributed by atoms with Crippen molar-refractivity contribution in [1.82, 2.24) is 5.32 Å². The van der Waals surface area contributed by atoms with Crippen molar-refractivity contribution in [1.29, 1.82) is 0 Å². The number of rotatable bonds is 6. The van der Waals surface area contributed by atoms with Gasteiger partial charge in [-0.15, -0.1) is 6.42 Å². The van der Waals surface area contributed by atoms with Crippen LogP contribution in [0.1, 0.15) is 18.9 Å². The number of terminal acetylenes is 1. The van der Waals surface area contributed by atoms with Gasteiger partial charge in [0.1, 0.15) is 6.04 Å². The molecule has 1 amide bonds. The lowest BCUT2D eigenvalue weighted by Gasteiger charge is -2.12. The van der Waals surface area contributed by atoms with E-state index >= 15 is 0 Å². The van der Waals surface area contributed by atoms with E-state index in [-0.39, 0.29) is 18.7 Å². The van der Waals surface area contributed by atoms with E-state index in [4.69, 9.17) is 11.2 Å². The molecule has 0 aromatic heterocycles. The zero-order valence-corrected chi connectivity index (χ0v) is 10.9. The smallest absolute Gasteiger partial charge is 0.308 e. The van der Waals surface area contributed by atoms with E-state index in [1.165, 1.54) is 0 Å². The van der Waals surface area contributed by atoms with E-state index in [1.807, 2.05) is 30.3 Å². The number of carbonyl (C=O) groups is 2. The van der Waals surface area contributed by atoms with Crippen molar-refractivity contribution in [2.24, 2.45) is 0 Å². The summed E-state index contributed by atoms with van der Waals surface area (Å²) in [5, 5.41) is 2.63. The van der Waals surface area contributed by atoms with Crippen LogP contribution in [0, 0.1) is 12.3 Å². The first-order valence-electron chi connectivity index (χ1n) is 6.10. The third kappa shape index (κ3) is 5.73. The van der Waals surface area contributed by atoms with E-state index in [0.29, 0.717) is 6.61 Å². The van der Waals surface area contributed by atoms with E-state index in [2.05, 4.69) is 11.2 Å². The summed E-state index contributed by atoms with van der Waals surface area (Å²) in [4.78, 5) is 23.0. The number of amides is 1. The fraction of sp³-hybridized carbons (Fsp3) is 0.333. The molecule has 0 bridgehead atoms. The van der Waals surface area contributed by atoms with Gasteiger partial charge in [0.15, 0.2) is 0 Å². The molecular formula is C15H17NO3. The monoisotopic (exact) mass is 259 g/mol. The van der Waals surface area contributed by atoms with Gasteiger partial charge >= 0.3 is 5.97 Å². The SMILES string of the molecule is C#C[C@@H](CC(=O)OCC)NC(=O)Cc1ccccc1. The number of nitrogens with one attached hydrogen (secondary N) is 1. The highest BCUT2D eigenvalue weighted by Crippen LogP contribution is 2.01. The van der Waals surface area contributed by atoms with E-state index in [1.54, 1.807) is 6.92 Å². The number of benzene rings is 1. The van der Waals surface area contributed by atoms with E-state index in [0.717, 1.165) is 5.56 Å². The van der Waals surface area contributed by atoms with Gasteiger partial charge in [-0.05, 0) is 12.5 Å². The largest absolute Gasteiger partial charge is 0.466 e. The molecular weight excluding hydrogens is 242 g/mol. The molecule has 0 aliphatic rings. The molecule has 0 fully saturated rings. The summed E-state index contributed by atoms with van der Waals surface area (Å²) in [5.74, 6) is 1.75. The number of esters is 1. The molecule has 1 aromatic carbocycles. The first-order valence-corrected chi connectivity index (χ1v) is 6.10. The average molecular weight is 259 g/mol. The summed E-state index contributed by atoms with van der Waals surface area (Å²) in [6.07, 6.45) is 5.52. The molecule has 1 N–H and O–H groups in total. The van der Waals surface area contributed by atoms with Crippen LogP contribution in [0.25, 0.3) is 0 Å². The van der Waals surface area contributed by atoms with Gasteiger partial charge in [-0.3, -0.25) is 9.59 Å².